The van der Waals surface area contributed by atoms with Crippen molar-refractivity contribution in [3.05, 3.63) is 23.5 Å². The smallest absolute Gasteiger partial charge is 0.168 e. The van der Waals surface area contributed by atoms with Crippen LogP contribution in [-0.2, 0) is 6.42 Å². The molecule has 3 nitrogen and oxygen atoms in total. The lowest BCUT2D eigenvalue weighted by Crippen LogP contribution is -2.01. The molecule has 16 heavy (non-hydrogen) atoms. The van der Waals surface area contributed by atoms with Crippen molar-refractivity contribution in [2.24, 2.45) is 5.73 Å². The fourth-order valence-corrected chi connectivity index (χ4v) is 1.58. The van der Waals surface area contributed by atoms with Crippen molar-refractivity contribution in [1.82, 2.24) is 0 Å². The zero-order valence-electron chi connectivity index (χ0n) is 9.75. The third-order valence-electron chi connectivity index (χ3n) is 2.46. The van der Waals surface area contributed by atoms with Crippen molar-refractivity contribution in [3.8, 4) is 11.5 Å². The van der Waals surface area contributed by atoms with E-state index in [4.69, 9.17) is 15.2 Å². The number of methoxy groups -OCH3 is 2. The summed E-state index contributed by atoms with van der Waals surface area (Å²) in [5.41, 5.74) is 6.38. The number of hydrogen-bond acceptors (Lipinski definition) is 3. The largest absolute Gasteiger partial charge is 0.496 e. The van der Waals surface area contributed by atoms with Crippen LogP contribution in [-0.4, -0.2) is 20.8 Å². The van der Waals surface area contributed by atoms with Crippen LogP contribution in [0.5, 0.6) is 11.5 Å². The minimum Gasteiger partial charge on any atom is -0.496 e. The number of ether oxygens (including phenoxy) is 2. The van der Waals surface area contributed by atoms with E-state index in [9.17, 15) is 4.39 Å². The molecule has 1 rings (SSSR count). The lowest BCUT2D eigenvalue weighted by molar-refractivity contribution is 0.374. The molecule has 0 spiro atoms. The summed E-state index contributed by atoms with van der Waals surface area (Å²) in [6.07, 6.45) is 2.72. The van der Waals surface area contributed by atoms with Crippen LogP contribution < -0.4 is 15.2 Å². The fraction of sp³-hybridized carbons (Fsp3) is 0.500. The number of aryl methyl sites for hydroxylation is 1. The maximum atomic E-state index is 13.4. The molecule has 0 unspecified atom stereocenters. The van der Waals surface area contributed by atoms with Crippen molar-refractivity contribution in [2.75, 3.05) is 20.8 Å². The van der Waals surface area contributed by atoms with E-state index in [1.165, 1.54) is 20.3 Å². The SMILES string of the molecule is COc1cc(CCCCN)c(OC)cc1F. The van der Waals surface area contributed by atoms with Gasteiger partial charge < -0.3 is 15.2 Å². The molecule has 0 aliphatic rings. The van der Waals surface area contributed by atoms with Crippen LogP contribution in [0.25, 0.3) is 0 Å². The summed E-state index contributed by atoms with van der Waals surface area (Å²) in [6.45, 7) is 0.667. The molecule has 0 amide bonds. The maximum Gasteiger partial charge on any atom is 0.168 e. The molecule has 0 fully saturated rings. The van der Waals surface area contributed by atoms with Crippen LogP contribution in [0.3, 0.4) is 0 Å². The number of halogens is 1. The van der Waals surface area contributed by atoms with Crippen LogP contribution in [0.1, 0.15) is 18.4 Å². The van der Waals surface area contributed by atoms with Crippen molar-refractivity contribution in [2.45, 2.75) is 19.3 Å². The average molecular weight is 227 g/mol. The van der Waals surface area contributed by atoms with Gasteiger partial charge in [0.1, 0.15) is 5.75 Å². The standard InChI is InChI=1S/C12H18FNO2/c1-15-11-8-10(13)12(16-2)7-9(11)5-3-4-6-14/h7-8H,3-6,14H2,1-2H3. The topological polar surface area (TPSA) is 44.5 Å². The summed E-state index contributed by atoms with van der Waals surface area (Å²) in [5, 5.41) is 0. The summed E-state index contributed by atoms with van der Waals surface area (Å²) in [4.78, 5) is 0. The van der Waals surface area contributed by atoms with Gasteiger partial charge in [0.25, 0.3) is 0 Å². The van der Waals surface area contributed by atoms with Crippen LogP contribution in [0.15, 0.2) is 12.1 Å². The third kappa shape index (κ3) is 3.10. The van der Waals surface area contributed by atoms with Gasteiger partial charge in [0.2, 0.25) is 0 Å². The molecule has 0 radical (unpaired) electrons. The third-order valence-corrected chi connectivity index (χ3v) is 2.46. The molecule has 1 aromatic rings. The molecule has 0 aliphatic heterocycles. The first-order valence-corrected chi connectivity index (χ1v) is 5.33. The molecule has 90 valence electrons. The molecular weight excluding hydrogens is 209 g/mol. The van der Waals surface area contributed by atoms with Crippen LogP contribution in [0.2, 0.25) is 0 Å². The summed E-state index contributed by atoms with van der Waals surface area (Å²) < 4.78 is 23.4. The summed E-state index contributed by atoms with van der Waals surface area (Å²) in [7, 11) is 2.99. The van der Waals surface area contributed by atoms with Gasteiger partial charge in [-0.25, -0.2) is 4.39 Å². The van der Waals surface area contributed by atoms with E-state index in [0.29, 0.717) is 12.3 Å². The highest BCUT2D eigenvalue weighted by molar-refractivity contribution is 5.41. The zero-order chi connectivity index (χ0) is 12.0. The van der Waals surface area contributed by atoms with Crippen LogP contribution in [0.4, 0.5) is 4.39 Å². The molecule has 1 aromatic carbocycles. The molecule has 0 aromatic heterocycles. The van der Waals surface area contributed by atoms with Crippen LogP contribution in [0, 0.1) is 5.82 Å². The van der Waals surface area contributed by atoms with E-state index >= 15 is 0 Å². The Balaban J connectivity index is 2.86. The Kier molecular flexibility index (Phi) is 5.05. The number of nitrogens with two attached hydrogens (primary N) is 1. The molecule has 2 N–H and O–H groups in total. The van der Waals surface area contributed by atoms with E-state index in [0.717, 1.165) is 24.8 Å². The number of rotatable bonds is 6. The van der Waals surface area contributed by atoms with Crippen molar-refractivity contribution in [3.63, 3.8) is 0 Å². The van der Waals surface area contributed by atoms with Gasteiger partial charge in [0, 0.05) is 6.07 Å². The van der Waals surface area contributed by atoms with Gasteiger partial charge in [0.15, 0.2) is 11.6 Å². The predicted octanol–water partition coefficient (Wildman–Crippen LogP) is 2.12. The fourth-order valence-electron chi connectivity index (χ4n) is 1.58. The van der Waals surface area contributed by atoms with Crippen molar-refractivity contribution in [1.29, 1.82) is 0 Å². The number of unbranched alkanes of at least 4 members (excludes halogenated alkanes) is 1. The molecule has 0 bridgehead atoms. The second kappa shape index (κ2) is 6.33. The Bertz CT molecular complexity index is 342. The highest BCUT2D eigenvalue weighted by Crippen LogP contribution is 2.28. The zero-order valence-corrected chi connectivity index (χ0v) is 9.75. The average Bonchev–Trinajstić information content (AvgIpc) is 2.30. The van der Waals surface area contributed by atoms with E-state index < -0.39 is 5.82 Å². The van der Waals surface area contributed by atoms with Gasteiger partial charge in [-0.2, -0.15) is 0 Å². The Labute approximate surface area is 95.4 Å². The van der Waals surface area contributed by atoms with E-state index in [1.54, 1.807) is 6.07 Å². The quantitative estimate of drug-likeness (QED) is 0.757. The predicted molar refractivity (Wildman–Crippen MR) is 61.5 cm³/mol. The maximum absolute atomic E-state index is 13.4. The molecule has 0 aliphatic carbocycles. The normalized spacial score (nSPS) is 10.2. The number of benzene rings is 1. The number of hydrogen-bond donors (Lipinski definition) is 1. The Morgan fingerprint density at radius 1 is 1.12 bits per heavy atom. The highest BCUT2D eigenvalue weighted by Gasteiger charge is 2.10. The monoisotopic (exact) mass is 227 g/mol. The Hall–Kier alpha value is -1.29. The Morgan fingerprint density at radius 3 is 2.38 bits per heavy atom. The van der Waals surface area contributed by atoms with Gasteiger partial charge >= 0.3 is 0 Å². The van der Waals surface area contributed by atoms with Gasteiger partial charge in [-0.05, 0) is 37.4 Å². The van der Waals surface area contributed by atoms with Crippen molar-refractivity contribution < 1.29 is 13.9 Å². The lowest BCUT2D eigenvalue weighted by atomic mass is 10.1. The lowest BCUT2D eigenvalue weighted by Gasteiger charge is -2.11. The minimum atomic E-state index is -0.401. The molecule has 0 saturated heterocycles. The first kappa shape index (κ1) is 12.8. The molecule has 0 heterocycles. The minimum absolute atomic E-state index is 0.253. The molecule has 0 saturated carbocycles. The molecular formula is C12H18FNO2. The highest BCUT2D eigenvalue weighted by atomic mass is 19.1. The molecule has 4 heteroatoms. The van der Waals surface area contributed by atoms with Gasteiger partial charge in [-0.3, -0.25) is 0 Å². The van der Waals surface area contributed by atoms with Gasteiger partial charge in [-0.15, -0.1) is 0 Å². The Morgan fingerprint density at radius 2 is 1.81 bits per heavy atom. The van der Waals surface area contributed by atoms with Crippen LogP contribution >= 0.6 is 0 Å². The van der Waals surface area contributed by atoms with Gasteiger partial charge in [0.05, 0.1) is 14.2 Å². The van der Waals surface area contributed by atoms with E-state index in [2.05, 4.69) is 0 Å². The van der Waals surface area contributed by atoms with Gasteiger partial charge in [-0.1, -0.05) is 0 Å². The summed E-state index contributed by atoms with van der Waals surface area (Å²) >= 11 is 0. The molecule has 0 atom stereocenters. The second-order valence-corrected chi connectivity index (χ2v) is 3.54. The van der Waals surface area contributed by atoms with E-state index in [1.807, 2.05) is 0 Å². The summed E-state index contributed by atoms with van der Waals surface area (Å²) in [5.74, 6) is 0.417. The first-order chi connectivity index (χ1) is 7.72. The second-order valence-electron chi connectivity index (χ2n) is 3.54. The first-order valence-electron chi connectivity index (χ1n) is 5.33. The summed E-state index contributed by atoms with van der Waals surface area (Å²) in [6, 6.07) is 3.04. The van der Waals surface area contributed by atoms with E-state index in [-0.39, 0.29) is 5.75 Å². The van der Waals surface area contributed by atoms with Crippen molar-refractivity contribution >= 4 is 0 Å².